The largest absolute Gasteiger partial charge is 0.329 e. The van der Waals surface area contributed by atoms with Crippen molar-refractivity contribution in [2.45, 2.75) is 19.4 Å². The third-order valence-corrected chi connectivity index (χ3v) is 6.70. The van der Waals surface area contributed by atoms with Crippen molar-refractivity contribution in [1.29, 1.82) is 0 Å². The predicted molar refractivity (Wildman–Crippen MR) is 95.9 cm³/mol. The minimum atomic E-state index is -0.0469. The van der Waals surface area contributed by atoms with Crippen LogP contribution in [0.3, 0.4) is 0 Å². The van der Waals surface area contributed by atoms with E-state index in [0.717, 1.165) is 15.4 Å². The lowest BCUT2D eigenvalue weighted by atomic mass is 10.0. The van der Waals surface area contributed by atoms with Crippen LogP contribution < -0.4 is 0 Å². The molecule has 1 aliphatic heterocycles. The Bertz CT molecular complexity index is 919. The number of hydrogen-bond acceptors (Lipinski definition) is 4. The van der Waals surface area contributed by atoms with E-state index < -0.39 is 0 Å². The van der Waals surface area contributed by atoms with E-state index in [1.165, 1.54) is 10.4 Å². The van der Waals surface area contributed by atoms with Crippen molar-refractivity contribution < 1.29 is 4.79 Å². The third kappa shape index (κ3) is 2.53. The molecule has 3 aromatic heterocycles. The molecule has 1 atom stereocenters. The Kier molecular flexibility index (Phi) is 3.78. The van der Waals surface area contributed by atoms with Crippen LogP contribution in [-0.2, 0) is 6.42 Å². The Hall–Kier alpha value is -1.25. The summed E-state index contributed by atoms with van der Waals surface area (Å²) in [5.41, 5.74) is 2.43. The summed E-state index contributed by atoms with van der Waals surface area (Å²) in [5, 5.41) is 6.47. The zero-order valence-electron chi connectivity index (χ0n) is 12.2. The average molecular weight is 456 g/mol. The van der Waals surface area contributed by atoms with E-state index in [-0.39, 0.29) is 11.9 Å². The number of carbonyl (C=O) groups excluding carboxylic acids is 1. The van der Waals surface area contributed by atoms with E-state index in [1.807, 2.05) is 4.90 Å². The van der Waals surface area contributed by atoms with Gasteiger partial charge in [-0.3, -0.25) is 4.79 Å². The molecule has 1 unspecified atom stereocenters. The number of nitrogens with zero attached hydrogens (tertiary/aromatic N) is 4. The monoisotopic (exact) mass is 454 g/mol. The highest BCUT2D eigenvalue weighted by molar-refractivity contribution is 9.10. The Labute approximate surface area is 153 Å². The maximum Gasteiger partial charge on any atom is 0.274 e. The molecule has 0 aromatic carbocycles. The molecule has 0 aliphatic carbocycles. The summed E-state index contributed by atoms with van der Waals surface area (Å²) in [7, 11) is 0. The van der Waals surface area contributed by atoms with Gasteiger partial charge < -0.3 is 4.90 Å². The molecule has 0 saturated heterocycles. The molecular weight excluding hydrogens is 444 g/mol. The van der Waals surface area contributed by atoms with Crippen molar-refractivity contribution in [3.8, 4) is 0 Å². The summed E-state index contributed by atoms with van der Waals surface area (Å²) in [6.45, 7) is 2.77. The van der Waals surface area contributed by atoms with Crippen LogP contribution in [0.15, 0.2) is 32.8 Å². The molecule has 8 heteroatoms. The summed E-state index contributed by atoms with van der Waals surface area (Å²) in [4.78, 5) is 20.3. The SMILES string of the molecule is CC1c2scc(Br)c2CCN1C(=O)c1cc2ncc(Br)cn2n1. The van der Waals surface area contributed by atoms with Crippen LogP contribution in [0, 0.1) is 0 Å². The van der Waals surface area contributed by atoms with Crippen molar-refractivity contribution in [3.05, 3.63) is 48.9 Å². The zero-order valence-corrected chi connectivity index (χ0v) is 16.2. The number of fused-ring (bicyclic) bond motifs is 2. The van der Waals surface area contributed by atoms with Crippen LogP contribution in [0.4, 0.5) is 0 Å². The lowest BCUT2D eigenvalue weighted by molar-refractivity contribution is 0.0675. The van der Waals surface area contributed by atoms with Crippen LogP contribution in [0.5, 0.6) is 0 Å². The zero-order chi connectivity index (χ0) is 16.1. The highest BCUT2D eigenvalue weighted by Gasteiger charge is 2.31. The fourth-order valence-corrected chi connectivity index (χ4v) is 5.09. The molecule has 0 N–H and O–H groups in total. The second-order valence-electron chi connectivity index (χ2n) is 5.46. The molecule has 0 fully saturated rings. The van der Waals surface area contributed by atoms with Gasteiger partial charge in [-0.15, -0.1) is 11.3 Å². The van der Waals surface area contributed by atoms with Crippen molar-refractivity contribution in [1.82, 2.24) is 19.5 Å². The standard InChI is InChI=1S/C15H12Br2N4OS/c1-8-14-10(11(17)7-23-14)2-3-20(8)15(22)12-4-13-18-5-9(16)6-21(13)19-12/h4-8H,2-3H2,1H3. The Balaban J connectivity index is 1.68. The van der Waals surface area contributed by atoms with Gasteiger partial charge in [0.05, 0.1) is 10.5 Å². The fraction of sp³-hybridized carbons (Fsp3) is 0.267. The van der Waals surface area contributed by atoms with Gasteiger partial charge in [0.2, 0.25) is 0 Å². The van der Waals surface area contributed by atoms with Crippen LogP contribution >= 0.6 is 43.2 Å². The van der Waals surface area contributed by atoms with Crippen molar-refractivity contribution in [2.75, 3.05) is 6.54 Å². The molecule has 4 heterocycles. The van der Waals surface area contributed by atoms with Gasteiger partial charge >= 0.3 is 0 Å². The summed E-state index contributed by atoms with van der Waals surface area (Å²) in [6.07, 6.45) is 4.37. The lowest BCUT2D eigenvalue weighted by Gasteiger charge is -2.33. The molecule has 1 aliphatic rings. The first-order valence-corrected chi connectivity index (χ1v) is 9.59. The minimum Gasteiger partial charge on any atom is -0.329 e. The van der Waals surface area contributed by atoms with E-state index in [2.05, 4.69) is 54.2 Å². The van der Waals surface area contributed by atoms with Gasteiger partial charge in [0.25, 0.3) is 5.91 Å². The molecular formula is C15H12Br2N4OS. The number of carbonyl (C=O) groups is 1. The van der Waals surface area contributed by atoms with Crippen LogP contribution in [0.25, 0.3) is 5.65 Å². The highest BCUT2D eigenvalue weighted by atomic mass is 79.9. The molecule has 0 radical (unpaired) electrons. The predicted octanol–water partition coefficient (Wildman–Crippen LogP) is 4.08. The van der Waals surface area contributed by atoms with E-state index in [4.69, 9.17) is 0 Å². The highest BCUT2D eigenvalue weighted by Crippen LogP contribution is 2.39. The quantitative estimate of drug-likeness (QED) is 0.555. The average Bonchev–Trinajstić information content (AvgIpc) is 3.11. The summed E-state index contributed by atoms with van der Waals surface area (Å²) in [6, 6.07) is 1.80. The summed E-state index contributed by atoms with van der Waals surface area (Å²) >= 11 is 8.65. The van der Waals surface area contributed by atoms with Crippen molar-refractivity contribution in [2.24, 2.45) is 0 Å². The van der Waals surface area contributed by atoms with E-state index in [9.17, 15) is 4.79 Å². The van der Waals surface area contributed by atoms with Gasteiger partial charge in [-0.1, -0.05) is 0 Å². The fourth-order valence-electron chi connectivity index (χ4n) is 2.92. The molecule has 23 heavy (non-hydrogen) atoms. The molecule has 0 bridgehead atoms. The van der Waals surface area contributed by atoms with Crippen LogP contribution in [0.1, 0.15) is 33.9 Å². The van der Waals surface area contributed by atoms with Gasteiger partial charge in [-0.05, 0) is 50.8 Å². The second kappa shape index (κ2) is 5.68. The molecule has 118 valence electrons. The maximum atomic E-state index is 12.9. The summed E-state index contributed by atoms with van der Waals surface area (Å²) < 4.78 is 3.60. The minimum absolute atomic E-state index is 0.0469. The normalized spacial score (nSPS) is 17.5. The number of amides is 1. The van der Waals surface area contributed by atoms with Crippen LogP contribution in [-0.4, -0.2) is 31.9 Å². The number of rotatable bonds is 1. The number of hydrogen-bond donors (Lipinski definition) is 0. The van der Waals surface area contributed by atoms with E-state index in [0.29, 0.717) is 17.9 Å². The first-order chi connectivity index (χ1) is 11.0. The Morgan fingerprint density at radius 1 is 1.43 bits per heavy atom. The topological polar surface area (TPSA) is 50.5 Å². The molecule has 5 nitrogen and oxygen atoms in total. The van der Waals surface area contributed by atoms with Gasteiger partial charge in [-0.2, -0.15) is 5.10 Å². The molecule has 3 aromatic rings. The van der Waals surface area contributed by atoms with Gasteiger partial charge in [-0.25, -0.2) is 9.50 Å². The van der Waals surface area contributed by atoms with E-state index in [1.54, 1.807) is 34.3 Å². The number of thiophene rings is 1. The molecule has 0 saturated carbocycles. The summed E-state index contributed by atoms with van der Waals surface area (Å²) in [5.74, 6) is -0.0469. The first-order valence-electron chi connectivity index (χ1n) is 7.12. The van der Waals surface area contributed by atoms with Gasteiger partial charge in [0.15, 0.2) is 11.3 Å². The Morgan fingerprint density at radius 2 is 2.26 bits per heavy atom. The van der Waals surface area contributed by atoms with E-state index >= 15 is 0 Å². The smallest absolute Gasteiger partial charge is 0.274 e. The Morgan fingerprint density at radius 3 is 3.09 bits per heavy atom. The molecule has 4 rings (SSSR count). The molecule has 0 spiro atoms. The first kappa shape index (κ1) is 15.3. The van der Waals surface area contributed by atoms with Gasteiger partial charge in [0.1, 0.15) is 0 Å². The van der Waals surface area contributed by atoms with Crippen LogP contribution in [0.2, 0.25) is 0 Å². The van der Waals surface area contributed by atoms with Gasteiger partial charge in [0, 0.05) is 39.7 Å². The number of aromatic nitrogens is 3. The third-order valence-electron chi connectivity index (χ3n) is 4.09. The van der Waals surface area contributed by atoms with Crippen molar-refractivity contribution >= 4 is 54.8 Å². The maximum absolute atomic E-state index is 12.9. The second-order valence-corrected chi connectivity index (χ2v) is 8.14. The lowest BCUT2D eigenvalue weighted by Crippen LogP contribution is -2.38. The van der Waals surface area contributed by atoms with Crippen molar-refractivity contribution in [3.63, 3.8) is 0 Å². The molecule has 1 amide bonds. The number of halogens is 2.